The maximum absolute atomic E-state index is 13.6. The van der Waals surface area contributed by atoms with Gasteiger partial charge in [-0.05, 0) is 23.8 Å². The molecule has 0 aliphatic carbocycles. The molecule has 0 atom stereocenters. The quantitative estimate of drug-likeness (QED) is 0.896. The second-order valence-electron chi connectivity index (χ2n) is 4.00. The summed E-state index contributed by atoms with van der Waals surface area (Å²) in [6, 6.07) is 13.4. The monoisotopic (exact) mass is 260 g/mol. The third kappa shape index (κ3) is 3.55. The maximum atomic E-state index is 13.6. The SMILES string of the molecule is O=C(O)CCOc1cccc(-c2ccccc2F)c1. The average molecular weight is 260 g/mol. The largest absolute Gasteiger partial charge is 0.493 e. The Morgan fingerprint density at radius 1 is 1.16 bits per heavy atom. The number of halogens is 1. The zero-order valence-electron chi connectivity index (χ0n) is 10.2. The van der Waals surface area contributed by atoms with Crippen LogP contribution in [0.25, 0.3) is 11.1 Å². The summed E-state index contributed by atoms with van der Waals surface area (Å²) in [5, 5.41) is 8.53. The molecular weight excluding hydrogens is 247 g/mol. The van der Waals surface area contributed by atoms with Crippen molar-refractivity contribution in [3.63, 3.8) is 0 Å². The van der Waals surface area contributed by atoms with Crippen LogP contribution in [0.15, 0.2) is 48.5 Å². The molecule has 1 N–H and O–H groups in total. The second-order valence-corrected chi connectivity index (χ2v) is 4.00. The average Bonchev–Trinajstić information content (AvgIpc) is 2.39. The molecule has 2 aromatic rings. The van der Waals surface area contributed by atoms with Crippen LogP contribution in [0, 0.1) is 5.82 Å². The summed E-state index contributed by atoms with van der Waals surface area (Å²) in [5.74, 6) is -0.683. The molecule has 0 amide bonds. The molecule has 0 saturated carbocycles. The van der Waals surface area contributed by atoms with E-state index in [1.807, 2.05) is 0 Å². The first kappa shape index (κ1) is 13.1. The summed E-state index contributed by atoms with van der Waals surface area (Å²) in [4.78, 5) is 10.4. The van der Waals surface area contributed by atoms with Gasteiger partial charge in [-0.1, -0.05) is 30.3 Å². The van der Waals surface area contributed by atoms with Crippen LogP contribution in [-0.2, 0) is 4.79 Å². The first-order chi connectivity index (χ1) is 9.16. The maximum Gasteiger partial charge on any atom is 0.306 e. The number of benzene rings is 2. The summed E-state index contributed by atoms with van der Waals surface area (Å²) in [6.45, 7) is 0.0933. The molecule has 98 valence electrons. The van der Waals surface area contributed by atoms with Gasteiger partial charge in [-0.2, -0.15) is 0 Å². The van der Waals surface area contributed by atoms with Crippen LogP contribution in [0.4, 0.5) is 4.39 Å². The lowest BCUT2D eigenvalue weighted by molar-refractivity contribution is -0.137. The number of hydrogen-bond donors (Lipinski definition) is 1. The molecule has 0 unspecified atom stereocenters. The molecule has 0 aromatic heterocycles. The Hall–Kier alpha value is -2.36. The molecule has 0 bridgehead atoms. The van der Waals surface area contributed by atoms with Gasteiger partial charge in [0.2, 0.25) is 0 Å². The summed E-state index contributed by atoms with van der Waals surface area (Å²) < 4.78 is 19.0. The van der Waals surface area contributed by atoms with Crippen molar-refractivity contribution in [2.24, 2.45) is 0 Å². The van der Waals surface area contributed by atoms with Gasteiger partial charge in [0.15, 0.2) is 0 Å². The number of rotatable bonds is 5. The molecular formula is C15H13FO3. The zero-order valence-corrected chi connectivity index (χ0v) is 10.2. The predicted molar refractivity (Wildman–Crippen MR) is 69.6 cm³/mol. The molecule has 2 aromatic carbocycles. The van der Waals surface area contributed by atoms with E-state index in [1.165, 1.54) is 6.07 Å². The normalized spacial score (nSPS) is 10.2. The van der Waals surface area contributed by atoms with Gasteiger partial charge in [-0.15, -0.1) is 0 Å². The fourth-order valence-electron chi connectivity index (χ4n) is 1.70. The molecule has 19 heavy (non-hydrogen) atoms. The minimum Gasteiger partial charge on any atom is -0.493 e. The highest BCUT2D eigenvalue weighted by Gasteiger charge is 2.05. The zero-order chi connectivity index (χ0) is 13.7. The highest BCUT2D eigenvalue weighted by Crippen LogP contribution is 2.26. The van der Waals surface area contributed by atoms with Crippen molar-refractivity contribution in [1.82, 2.24) is 0 Å². The lowest BCUT2D eigenvalue weighted by atomic mass is 10.1. The van der Waals surface area contributed by atoms with E-state index in [0.717, 1.165) is 0 Å². The Bertz CT molecular complexity index is 581. The van der Waals surface area contributed by atoms with Crippen LogP contribution in [0.5, 0.6) is 5.75 Å². The van der Waals surface area contributed by atoms with Gasteiger partial charge in [0.25, 0.3) is 0 Å². The first-order valence-electron chi connectivity index (χ1n) is 5.86. The molecule has 2 rings (SSSR count). The van der Waals surface area contributed by atoms with Crippen LogP contribution < -0.4 is 4.74 Å². The third-order valence-corrected chi connectivity index (χ3v) is 2.60. The van der Waals surface area contributed by atoms with Gasteiger partial charge >= 0.3 is 5.97 Å². The van der Waals surface area contributed by atoms with Crippen LogP contribution >= 0.6 is 0 Å². The van der Waals surface area contributed by atoms with E-state index in [0.29, 0.717) is 16.9 Å². The van der Waals surface area contributed by atoms with Crippen LogP contribution in [0.1, 0.15) is 6.42 Å². The Balaban J connectivity index is 2.15. The standard InChI is InChI=1S/C15H13FO3/c16-14-7-2-1-6-13(14)11-4-3-5-12(10-11)19-9-8-15(17)18/h1-7,10H,8-9H2,(H,17,18). The summed E-state index contributed by atoms with van der Waals surface area (Å²) in [7, 11) is 0. The predicted octanol–water partition coefficient (Wildman–Crippen LogP) is 3.35. The van der Waals surface area contributed by atoms with E-state index in [-0.39, 0.29) is 18.8 Å². The summed E-state index contributed by atoms with van der Waals surface area (Å²) >= 11 is 0. The minimum absolute atomic E-state index is 0.0655. The van der Waals surface area contributed by atoms with Crippen molar-refractivity contribution in [2.75, 3.05) is 6.61 Å². The summed E-state index contributed by atoms with van der Waals surface area (Å²) in [5.41, 5.74) is 1.19. The molecule has 0 aliphatic heterocycles. The molecule has 0 radical (unpaired) electrons. The lowest BCUT2D eigenvalue weighted by Crippen LogP contribution is -2.04. The molecule has 0 spiro atoms. The van der Waals surface area contributed by atoms with Crippen molar-refractivity contribution in [1.29, 1.82) is 0 Å². The summed E-state index contributed by atoms with van der Waals surface area (Å²) in [6.07, 6.45) is -0.0655. The van der Waals surface area contributed by atoms with E-state index in [2.05, 4.69) is 0 Å². The van der Waals surface area contributed by atoms with E-state index in [9.17, 15) is 9.18 Å². The molecule has 0 aliphatic rings. The number of carboxylic acids is 1. The number of hydrogen-bond acceptors (Lipinski definition) is 2. The van der Waals surface area contributed by atoms with E-state index in [4.69, 9.17) is 9.84 Å². The Morgan fingerprint density at radius 2 is 1.95 bits per heavy atom. The Labute approximate surface area is 110 Å². The van der Waals surface area contributed by atoms with E-state index >= 15 is 0 Å². The molecule has 3 nitrogen and oxygen atoms in total. The minimum atomic E-state index is -0.912. The van der Waals surface area contributed by atoms with Gasteiger partial charge < -0.3 is 9.84 Å². The topological polar surface area (TPSA) is 46.5 Å². The molecule has 0 fully saturated rings. The molecule has 0 heterocycles. The molecule has 0 saturated heterocycles. The highest BCUT2D eigenvalue weighted by atomic mass is 19.1. The van der Waals surface area contributed by atoms with Gasteiger partial charge in [0.1, 0.15) is 11.6 Å². The smallest absolute Gasteiger partial charge is 0.306 e. The van der Waals surface area contributed by atoms with Gasteiger partial charge in [0, 0.05) is 5.56 Å². The van der Waals surface area contributed by atoms with Crippen LogP contribution in [0.2, 0.25) is 0 Å². The number of carbonyl (C=O) groups is 1. The Morgan fingerprint density at radius 3 is 2.68 bits per heavy atom. The van der Waals surface area contributed by atoms with Crippen molar-refractivity contribution >= 4 is 5.97 Å². The molecule has 4 heteroatoms. The first-order valence-corrected chi connectivity index (χ1v) is 5.86. The number of aliphatic carboxylic acids is 1. The fraction of sp³-hybridized carbons (Fsp3) is 0.133. The Kier molecular flexibility index (Phi) is 4.13. The van der Waals surface area contributed by atoms with Crippen molar-refractivity contribution < 1.29 is 19.0 Å². The number of ether oxygens (including phenoxy) is 1. The van der Waals surface area contributed by atoms with E-state index < -0.39 is 5.97 Å². The lowest BCUT2D eigenvalue weighted by Gasteiger charge is -2.07. The number of carboxylic acid groups (broad SMARTS) is 1. The van der Waals surface area contributed by atoms with Crippen LogP contribution in [-0.4, -0.2) is 17.7 Å². The van der Waals surface area contributed by atoms with Gasteiger partial charge in [-0.3, -0.25) is 4.79 Å². The third-order valence-electron chi connectivity index (χ3n) is 2.60. The highest BCUT2D eigenvalue weighted by molar-refractivity contribution is 5.67. The van der Waals surface area contributed by atoms with Gasteiger partial charge in [0.05, 0.1) is 13.0 Å². The van der Waals surface area contributed by atoms with Crippen molar-refractivity contribution in [3.8, 4) is 16.9 Å². The van der Waals surface area contributed by atoms with Crippen LogP contribution in [0.3, 0.4) is 0 Å². The van der Waals surface area contributed by atoms with E-state index in [1.54, 1.807) is 42.5 Å². The van der Waals surface area contributed by atoms with Gasteiger partial charge in [-0.25, -0.2) is 4.39 Å². The van der Waals surface area contributed by atoms with Crippen molar-refractivity contribution in [2.45, 2.75) is 6.42 Å². The fourth-order valence-corrected chi connectivity index (χ4v) is 1.70. The second kappa shape index (κ2) is 6.00. The van der Waals surface area contributed by atoms with Crippen molar-refractivity contribution in [3.05, 3.63) is 54.3 Å².